The summed E-state index contributed by atoms with van der Waals surface area (Å²) in [5, 5.41) is 3.36. The Hall–Kier alpha value is -1.42. The minimum atomic E-state index is 0.243. The molecule has 0 aromatic heterocycles. The highest BCUT2D eigenvalue weighted by molar-refractivity contribution is 5.56. The number of rotatable bonds is 8. The fraction of sp³-hybridized carbons (Fsp3) is 0.625. The van der Waals surface area contributed by atoms with Gasteiger partial charge in [-0.15, -0.1) is 0 Å². The molecule has 4 nitrogen and oxygen atoms in total. The summed E-state index contributed by atoms with van der Waals surface area (Å²) in [6, 6.07) is 4.21. The standard InChI is InChI=1S/C16H27NO3/c1-11(2)7-9-13(17-3)12-8-10-14(18-4)16(20-6)15(12)19-5/h8,10-11,13,17H,7,9H2,1-6H3. The predicted octanol–water partition coefficient (Wildman–Crippen LogP) is 3.41. The van der Waals surface area contributed by atoms with Gasteiger partial charge in [0.1, 0.15) is 0 Å². The molecule has 0 aliphatic rings. The smallest absolute Gasteiger partial charge is 0.203 e. The van der Waals surface area contributed by atoms with Crippen LogP contribution in [-0.2, 0) is 0 Å². The second-order valence-electron chi connectivity index (χ2n) is 5.24. The van der Waals surface area contributed by atoms with Crippen LogP contribution in [0.5, 0.6) is 17.2 Å². The average Bonchev–Trinajstić information content (AvgIpc) is 2.46. The fourth-order valence-corrected chi connectivity index (χ4v) is 2.35. The Kier molecular flexibility index (Phi) is 6.65. The van der Waals surface area contributed by atoms with Crippen LogP contribution in [0, 0.1) is 5.92 Å². The van der Waals surface area contributed by atoms with Crippen LogP contribution < -0.4 is 19.5 Å². The van der Waals surface area contributed by atoms with E-state index < -0.39 is 0 Å². The van der Waals surface area contributed by atoms with Gasteiger partial charge in [-0.25, -0.2) is 0 Å². The Morgan fingerprint density at radius 2 is 1.60 bits per heavy atom. The lowest BCUT2D eigenvalue weighted by Crippen LogP contribution is -2.18. The summed E-state index contributed by atoms with van der Waals surface area (Å²) in [7, 11) is 6.90. The van der Waals surface area contributed by atoms with Gasteiger partial charge in [-0.2, -0.15) is 0 Å². The van der Waals surface area contributed by atoms with Crippen LogP contribution in [0.2, 0.25) is 0 Å². The molecule has 0 saturated carbocycles. The van der Waals surface area contributed by atoms with Crippen molar-refractivity contribution in [1.82, 2.24) is 5.32 Å². The van der Waals surface area contributed by atoms with E-state index in [-0.39, 0.29) is 6.04 Å². The van der Waals surface area contributed by atoms with Crippen LogP contribution in [0.4, 0.5) is 0 Å². The number of nitrogens with one attached hydrogen (secondary N) is 1. The number of hydrogen-bond acceptors (Lipinski definition) is 4. The van der Waals surface area contributed by atoms with E-state index in [1.54, 1.807) is 21.3 Å². The normalized spacial score (nSPS) is 12.3. The quantitative estimate of drug-likeness (QED) is 0.792. The topological polar surface area (TPSA) is 39.7 Å². The minimum Gasteiger partial charge on any atom is -0.493 e. The number of benzene rings is 1. The molecule has 0 radical (unpaired) electrons. The van der Waals surface area contributed by atoms with E-state index >= 15 is 0 Å². The molecule has 0 aliphatic heterocycles. The molecule has 1 rings (SSSR count). The summed E-state index contributed by atoms with van der Waals surface area (Å²) >= 11 is 0. The van der Waals surface area contributed by atoms with Crippen molar-refractivity contribution in [3.8, 4) is 17.2 Å². The lowest BCUT2D eigenvalue weighted by atomic mass is 9.96. The summed E-state index contributed by atoms with van der Waals surface area (Å²) in [4.78, 5) is 0. The molecule has 1 aromatic carbocycles. The van der Waals surface area contributed by atoms with Crippen LogP contribution in [0.25, 0.3) is 0 Å². The van der Waals surface area contributed by atoms with E-state index in [9.17, 15) is 0 Å². The van der Waals surface area contributed by atoms with Crippen molar-refractivity contribution in [2.75, 3.05) is 28.4 Å². The lowest BCUT2D eigenvalue weighted by Gasteiger charge is -2.22. The van der Waals surface area contributed by atoms with Gasteiger partial charge in [-0.1, -0.05) is 13.8 Å². The summed E-state index contributed by atoms with van der Waals surface area (Å²) in [6.07, 6.45) is 2.21. The number of methoxy groups -OCH3 is 3. The summed E-state index contributed by atoms with van der Waals surface area (Å²) in [5.41, 5.74) is 1.10. The van der Waals surface area contributed by atoms with Crippen molar-refractivity contribution in [3.63, 3.8) is 0 Å². The zero-order valence-corrected chi connectivity index (χ0v) is 13.4. The maximum absolute atomic E-state index is 5.55. The van der Waals surface area contributed by atoms with Crippen LogP contribution in [0.3, 0.4) is 0 Å². The monoisotopic (exact) mass is 281 g/mol. The van der Waals surface area contributed by atoms with Gasteiger partial charge in [0.25, 0.3) is 0 Å². The first-order chi connectivity index (χ1) is 9.58. The van der Waals surface area contributed by atoms with Crippen molar-refractivity contribution in [2.45, 2.75) is 32.7 Å². The van der Waals surface area contributed by atoms with Crippen LogP contribution in [-0.4, -0.2) is 28.4 Å². The molecule has 0 heterocycles. The predicted molar refractivity (Wildman–Crippen MR) is 82.0 cm³/mol. The van der Waals surface area contributed by atoms with Gasteiger partial charge in [0.15, 0.2) is 11.5 Å². The van der Waals surface area contributed by atoms with Gasteiger partial charge < -0.3 is 19.5 Å². The molecule has 0 fully saturated rings. The second-order valence-corrected chi connectivity index (χ2v) is 5.24. The van der Waals surface area contributed by atoms with Crippen LogP contribution in [0.1, 0.15) is 38.3 Å². The van der Waals surface area contributed by atoms with Crippen LogP contribution in [0.15, 0.2) is 12.1 Å². The average molecular weight is 281 g/mol. The minimum absolute atomic E-state index is 0.243. The second kappa shape index (κ2) is 8.00. The van der Waals surface area contributed by atoms with Gasteiger partial charge in [-0.05, 0) is 37.9 Å². The van der Waals surface area contributed by atoms with Gasteiger partial charge in [-0.3, -0.25) is 0 Å². The molecule has 0 saturated heterocycles. The maximum Gasteiger partial charge on any atom is 0.203 e. The van der Waals surface area contributed by atoms with Crippen molar-refractivity contribution >= 4 is 0 Å². The fourth-order valence-electron chi connectivity index (χ4n) is 2.35. The summed E-state index contributed by atoms with van der Waals surface area (Å²) in [6.45, 7) is 4.47. The van der Waals surface area contributed by atoms with E-state index in [1.165, 1.54) is 0 Å². The van der Waals surface area contributed by atoms with E-state index in [0.717, 1.165) is 24.2 Å². The Labute approximate surface area is 122 Å². The molecule has 20 heavy (non-hydrogen) atoms. The van der Waals surface area contributed by atoms with E-state index in [1.807, 2.05) is 19.2 Å². The number of hydrogen-bond donors (Lipinski definition) is 1. The lowest BCUT2D eigenvalue weighted by molar-refractivity contribution is 0.318. The van der Waals surface area contributed by atoms with Crippen molar-refractivity contribution in [2.24, 2.45) is 5.92 Å². The Morgan fingerprint density at radius 3 is 2.05 bits per heavy atom. The largest absolute Gasteiger partial charge is 0.493 e. The molecule has 1 aromatic rings. The molecular formula is C16H27NO3. The third-order valence-corrected chi connectivity index (χ3v) is 3.49. The van der Waals surface area contributed by atoms with Gasteiger partial charge in [0.2, 0.25) is 5.75 Å². The van der Waals surface area contributed by atoms with E-state index in [2.05, 4.69) is 19.2 Å². The Morgan fingerprint density at radius 1 is 0.950 bits per heavy atom. The first kappa shape index (κ1) is 16.6. The highest BCUT2D eigenvalue weighted by Crippen LogP contribution is 2.42. The maximum atomic E-state index is 5.55. The SMILES string of the molecule is CNC(CCC(C)C)c1ccc(OC)c(OC)c1OC. The van der Waals surface area contributed by atoms with E-state index in [4.69, 9.17) is 14.2 Å². The van der Waals surface area contributed by atoms with Gasteiger partial charge >= 0.3 is 0 Å². The molecule has 1 N–H and O–H groups in total. The third-order valence-electron chi connectivity index (χ3n) is 3.49. The highest BCUT2D eigenvalue weighted by Gasteiger charge is 2.21. The zero-order chi connectivity index (χ0) is 15.1. The molecule has 0 spiro atoms. The molecule has 1 atom stereocenters. The van der Waals surface area contributed by atoms with E-state index in [0.29, 0.717) is 17.4 Å². The van der Waals surface area contributed by atoms with Crippen molar-refractivity contribution in [3.05, 3.63) is 17.7 Å². The van der Waals surface area contributed by atoms with Gasteiger partial charge in [0.05, 0.1) is 21.3 Å². The van der Waals surface area contributed by atoms with Crippen molar-refractivity contribution < 1.29 is 14.2 Å². The van der Waals surface area contributed by atoms with Gasteiger partial charge in [0, 0.05) is 11.6 Å². The summed E-state index contributed by atoms with van der Waals surface area (Å²) < 4.78 is 16.3. The first-order valence-corrected chi connectivity index (χ1v) is 7.05. The third kappa shape index (κ3) is 3.79. The van der Waals surface area contributed by atoms with Crippen LogP contribution >= 0.6 is 0 Å². The molecule has 114 valence electrons. The highest BCUT2D eigenvalue weighted by atomic mass is 16.5. The first-order valence-electron chi connectivity index (χ1n) is 7.05. The Balaban J connectivity index is 3.14. The molecule has 0 amide bonds. The molecule has 4 heteroatoms. The summed E-state index contributed by atoms with van der Waals surface area (Å²) in [5.74, 6) is 2.76. The molecule has 0 aliphatic carbocycles. The van der Waals surface area contributed by atoms with Crippen molar-refractivity contribution in [1.29, 1.82) is 0 Å². The molecular weight excluding hydrogens is 254 g/mol. The molecule has 0 bridgehead atoms. The Bertz CT molecular complexity index is 418. The molecule has 1 unspecified atom stereocenters. The number of ether oxygens (including phenoxy) is 3. The zero-order valence-electron chi connectivity index (χ0n) is 13.4.